The highest BCUT2D eigenvalue weighted by molar-refractivity contribution is 5.92. The van der Waals surface area contributed by atoms with E-state index in [0.717, 1.165) is 4.90 Å². The van der Waals surface area contributed by atoms with Crippen LogP contribution in [0.5, 0.6) is 0 Å². The zero-order valence-corrected chi connectivity index (χ0v) is 16.9. The minimum Gasteiger partial charge on any atom is -0.444 e. The molecule has 0 aromatic carbocycles. The lowest BCUT2D eigenvalue weighted by molar-refractivity contribution is -0.187. The molecule has 1 fully saturated rings. The first-order valence-corrected chi connectivity index (χ1v) is 9.09. The average molecular weight is 417 g/mol. The molecule has 3 N–H and O–H groups in total. The molecule has 1 aliphatic heterocycles. The Morgan fingerprint density at radius 1 is 1.34 bits per heavy atom. The standard InChI is InChI=1S/C18H28FN3O7/c1-6-10(2)14(16(26)29-19)21-15(25)12-7-11(23)9-22(12)13(24)8-20-17(27)28-18(3,4)5/h6,10-12,14,23H,1,7-9H2,2-5H3,(H,20,27)(H,21,25). The maximum absolute atomic E-state index is 12.6. The summed E-state index contributed by atoms with van der Waals surface area (Å²) in [7, 11) is 0. The van der Waals surface area contributed by atoms with Crippen molar-refractivity contribution < 1.29 is 38.5 Å². The number of amides is 3. The lowest BCUT2D eigenvalue weighted by Crippen LogP contribution is -2.54. The van der Waals surface area contributed by atoms with E-state index in [0.29, 0.717) is 0 Å². The van der Waals surface area contributed by atoms with Crippen LogP contribution in [0.1, 0.15) is 34.1 Å². The Hall–Kier alpha value is -2.69. The van der Waals surface area contributed by atoms with Gasteiger partial charge in [0.15, 0.2) is 0 Å². The summed E-state index contributed by atoms with van der Waals surface area (Å²) < 4.78 is 17.4. The summed E-state index contributed by atoms with van der Waals surface area (Å²) in [5.74, 6) is -3.36. The number of β-amino-alcohol motifs (C(OH)–C–C–N with tert-alkyl or cyclic N) is 1. The Bertz CT molecular complexity index is 650. The second kappa shape index (κ2) is 10.2. The van der Waals surface area contributed by atoms with Gasteiger partial charge in [0.25, 0.3) is 0 Å². The van der Waals surface area contributed by atoms with Gasteiger partial charge in [0, 0.05) is 23.4 Å². The first-order chi connectivity index (χ1) is 13.4. The van der Waals surface area contributed by atoms with Crippen LogP contribution in [0, 0.1) is 5.92 Å². The van der Waals surface area contributed by atoms with Gasteiger partial charge in [-0.2, -0.15) is 0 Å². The highest BCUT2D eigenvalue weighted by Gasteiger charge is 2.41. The van der Waals surface area contributed by atoms with Crippen LogP contribution >= 0.6 is 0 Å². The molecule has 29 heavy (non-hydrogen) atoms. The van der Waals surface area contributed by atoms with Crippen molar-refractivity contribution >= 4 is 23.9 Å². The largest absolute Gasteiger partial charge is 0.444 e. The molecule has 4 atom stereocenters. The summed E-state index contributed by atoms with van der Waals surface area (Å²) >= 11 is 0. The van der Waals surface area contributed by atoms with Gasteiger partial charge in [0.1, 0.15) is 24.2 Å². The van der Waals surface area contributed by atoms with Crippen molar-refractivity contribution in [3.8, 4) is 0 Å². The quantitative estimate of drug-likeness (QED) is 0.504. The third kappa shape index (κ3) is 7.33. The monoisotopic (exact) mass is 417 g/mol. The number of carbonyl (C=O) groups excluding carboxylic acids is 4. The smallest absolute Gasteiger partial charge is 0.408 e. The number of aliphatic hydroxyl groups excluding tert-OH is 1. The summed E-state index contributed by atoms with van der Waals surface area (Å²) in [5.41, 5.74) is -0.749. The molecule has 164 valence electrons. The number of hydrogen-bond donors (Lipinski definition) is 3. The van der Waals surface area contributed by atoms with Gasteiger partial charge in [-0.3, -0.25) is 14.5 Å². The predicted octanol–water partition coefficient (Wildman–Crippen LogP) is 0.208. The highest BCUT2D eigenvalue weighted by atomic mass is 19.3. The molecular formula is C18H28FN3O7. The van der Waals surface area contributed by atoms with Crippen LogP contribution in [0.3, 0.4) is 0 Å². The molecule has 0 spiro atoms. The Morgan fingerprint density at radius 3 is 2.48 bits per heavy atom. The van der Waals surface area contributed by atoms with Crippen LogP contribution in [0.4, 0.5) is 9.32 Å². The van der Waals surface area contributed by atoms with E-state index in [1.54, 1.807) is 20.8 Å². The maximum Gasteiger partial charge on any atom is 0.408 e. The van der Waals surface area contributed by atoms with E-state index in [4.69, 9.17) is 4.74 Å². The van der Waals surface area contributed by atoms with Gasteiger partial charge in [-0.05, 0) is 20.8 Å². The lowest BCUT2D eigenvalue weighted by Gasteiger charge is -2.27. The van der Waals surface area contributed by atoms with Crippen molar-refractivity contribution in [3.63, 3.8) is 0 Å². The second-order valence-corrected chi connectivity index (χ2v) is 7.78. The number of hydrogen-bond acceptors (Lipinski definition) is 7. The molecule has 1 aliphatic rings. The van der Waals surface area contributed by atoms with Crippen LogP contribution in [0.15, 0.2) is 12.7 Å². The van der Waals surface area contributed by atoms with E-state index in [9.17, 15) is 28.8 Å². The number of carbonyl (C=O) groups is 4. The summed E-state index contributed by atoms with van der Waals surface area (Å²) in [5, 5.41) is 14.5. The Labute approximate surface area is 168 Å². The molecular weight excluding hydrogens is 389 g/mol. The van der Waals surface area contributed by atoms with Crippen molar-refractivity contribution in [3.05, 3.63) is 12.7 Å². The molecule has 0 aromatic heterocycles. The average Bonchev–Trinajstić information content (AvgIpc) is 3.03. The SMILES string of the molecule is C=CC(C)C(NC(=O)C1CC(O)CN1C(=O)CNC(=O)OC(C)(C)C)C(=O)OF. The van der Waals surface area contributed by atoms with Crippen molar-refractivity contribution in [1.82, 2.24) is 15.5 Å². The normalized spacial score (nSPS) is 21.0. The molecule has 11 heteroatoms. The summed E-state index contributed by atoms with van der Waals surface area (Å²) in [6.07, 6.45) is -0.528. The number of nitrogens with zero attached hydrogens (tertiary/aromatic N) is 1. The molecule has 1 heterocycles. The second-order valence-electron chi connectivity index (χ2n) is 7.78. The molecule has 0 aliphatic carbocycles. The fourth-order valence-corrected chi connectivity index (χ4v) is 2.74. The van der Waals surface area contributed by atoms with Crippen molar-refractivity contribution in [2.24, 2.45) is 5.92 Å². The molecule has 1 rings (SSSR count). The van der Waals surface area contributed by atoms with Crippen molar-refractivity contribution in [1.29, 1.82) is 0 Å². The predicted molar refractivity (Wildman–Crippen MR) is 98.9 cm³/mol. The number of rotatable bonds is 7. The molecule has 4 unspecified atom stereocenters. The molecule has 1 saturated heterocycles. The fourth-order valence-electron chi connectivity index (χ4n) is 2.74. The van der Waals surface area contributed by atoms with E-state index in [1.165, 1.54) is 13.0 Å². The van der Waals surface area contributed by atoms with E-state index >= 15 is 0 Å². The Morgan fingerprint density at radius 2 is 1.97 bits per heavy atom. The fraction of sp³-hybridized carbons (Fsp3) is 0.667. The van der Waals surface area contributed by atoms with Crippen LogP contribution in [-0.2, 0) is 24.1 Å². The van der Waals surface area contributed by atoms with Crippen LogP contribution in [0.25, 0.3) is 0 Å². The third-order valence-corrected chi connectivity index (χ3v) is 4.21. The minimum atomic E-state index is -1.35. The number of likely N-dealkylation sites (tertiary alicyclic amines) is 1. The number of ether oxygens (including phenoxy) is 1. The molecule has 10 nitrogen and oxygen atoms in total. The highest BCUT2D eigenvalue weighted by Crippen LogP contribution is 2.19. The van der Waals surface area contributed by atoms with E-state index in [2.05, 4.69) is 22.2 Å². The molecule has 0 aromatic rings. The van der Waals surface area contributed by atoms with Crippen LogP contribution in [0.2, 0.25) is 0 Å². The first-order valence-electron chi connectivity index (χ1n) is 9.09. The van der Waals surface area contributed by atoms with Gasteiger partial charge >= 0.3 is 12.1 Å². The maximum atomic E-state index is 12.6. The summed E-state index contributed by atoms with van der Waals surface area (Å²) in [4.78, 5) is 52.6. The van der Waals surface area contributed by atoms with Gasteiger partial charge in [0.2, 0.25) is 11.8 Å². The van der Waals surface area contributed by atoms with E-state index < -0.39 is 60.1 Å². The van der Waals surface area contributed by atoms with Gasteiger partial charge in [-0.25, -0.2) is 9.59 Å². The number of alkyl carbamates (subject to hydrolysis) is 1. The third-order valence-electron chi connectivity index (χ3n) is 4.21. The Balaban J connectivity index is 2.79. The Kier molecular flexibility index (Phi) is 8.56. The summed E-state index contributed by atoms with van der Waals surface area (Å²) in [6.45, 7) is 9.40. The number of halogens is 1. The molecule has 0 saturated carbocycles. The topological polar surface area (TPSA) is 134 Å². The number of nitrogens with one attached hydrogen (secondary N) is 2. The number of aliphatic hydroxyl groups is 1. The zero-order valence-electron chi connectivity index (χ0n) is 16.9. The first kappa shape index (κ1) is 24.3. The van der Waals surface area contributed by atoms with Crippen molar-refractivity contribution in [2.75, 3.05) is 13.1 Å². The van der Waals surface area contributed by atoms with Gasteiger partial charge in [-0.1, -0.05) is 13.0 Å². The summed E-state index contributed by atoms with van der Waals surface area (Å²) in [6, 6.07) is -2.45. The van der Waals surface area contributed by atoms with Gasteiger partial charge < -0.3 is 25.4 Å². The van der Waals surface area contributed by atoms with Gasteiger partial charge in [-0.15, -0.1) is 6.58 Å². The van der Waals surface area contributed by atoms with Crippen LogP contribution < -0.4 is 10.6 Å². The van der Waals surface area contributed by atoms with Crippen LogP contribution in [-0.4, -0.2) is 70.8 Å². The molecule has 0 radical (unpaired) electrons. The molecule has 0 bridgehead atoms. The lowest BCUT2D eigenvalue weighted by atomic mass is 10.0. The molecule has 3 amide bonds. The minimum absolute atomic E-state index is 0.0795. The van der Waals surface area contributed by atoms with Gasteiger partial charge in [0.05, 0.1) is 6.10 Å². The van der Waals surface area contributed by atoms with Crippen molar-refractivity contribution in [2.45, 2.75) is 57.9 Å². The van der Waals surface area contributed by atoms with E-state index in [-0.39, 0.29) is 13.0 Å². The zero-order chi connectivity index (χ0) is 22.4. The van der Waals surface area contributed by atoms with E-state index in [1.807, 2.05) is 0 Å².